The van der Waals surface area contributed by atoms with Gasteiger partial charge in [0.05, 0.1) is 12.1 Å². The molecule has 0 spiro atoms. The average molecular weight is 156 g/mol. The lowest BCUT2D eigenvalue weighted by Crippen LogP contribution is -1.86. The number of halogens is 1. The third-order valence-corrected chi connectivity index (χ3v) is 1.59. The fourth-order valence-corrected chi connectivity index (χ4v) is 1.09. The molecule has 0 bridgehead atoms. The second-order valence-corrected chi connectivity index (χ2v) is 2.39. The Morgan fingerprint density at radius 1 is 1.60 bits per heavy atom. The summed E-state index contributed by atoms with van der Waals surface area (Å²) in [5, 5.41) is 0.638. The molecule has 53 valence electrons. The molecule has 0 aromatic heterocycles. The highest BCUT2D eigenvalue weighted by atomic mass is 35.5. The quantitative estimate of drug-likeness (QED) is 0.606. The fraction of sp³-hybridized carbons (Fsp3) is 0.250. The molecular weight excluding hydrogens is 148 g/mol. The van der Waals surface area contributed by atoms with E-state index in [0.717, 1.165) is 5.56 Å². The second-order valence-electron chi connectivity index (χ2n) is 1.98. The van der Waals surface area contributed by atoms with E-state index in [0.29, 0.717) is 10.8 Å². The van der Waals surface area contributed by atoms with Crippen molar-refractivity contribution in [2.24, 2.45) is 0 Å². The van der Waals surface area contributed by atoms with Gasteiger partial charge in [-0.05, 0) is 19.1 Å². The summed E-state index contributed by atoms with van der Waals surface area (Å²) in [6, 6.07) is 6.52. The van der Waals surface area contributed by atoms with E-state index in [1.54, 1.807) is 19.2 Å². The van der Waals surface area contributed by atoms with Crippen molar-refractivity contribution in [1.82, 2.24) is 0 Å². The van der Waals surface area contributed by atoms with Crippen molar-refractivity contribution in [3.8, 4) is 5.75 Å². The van der Waals surface area contributed by atoms with E-state index in [1.165, 1.54) is 0 Å². The maximum Gasteiger partial charge on any atom is 0.140 e. The molecule has 1 aromatic rings. The topological polar surface area (TPSA) is 9.23 Å². The van der Waals surface area contributed by atoms with Gasteiger partial charge in [0, 0.05) is 5.56 Å². The number of rotatable bonds is 1. The maximum atomic E-state index is 5.78. The van der Waals surface area contributed by atoms with Crippen molar-refractivity contribution >= 4 is 11.6 Å². The first-order valence-corrected chi connectivity index (χ1v) is 3.34. The van der Waals surface area contributed by atoms with Crippen LogP contribution in [-0.4, -0.2) is 7.11 Å². The highest BCUT2D eigenvalue weighted by Gasteiger charge is 2.00. The maximum absolute atomic E-state index is 5.78. The Hall–Kier alpha value is -0.690. The molecule has 0 heterocycles. The number of hydrogen-bond acceptors (Lipinski definition) is 1. The van der Waals surface area contributed by atoms with E-state index in [4.69, 9.17) is 16.3 Å². The lowest BCUT2D eigenvalue weighted by atomic mass is 10.2. The van der Waals surface area contributed by atoms with Gasteiger partial charge in [0.2, 0.25) is 0 Å². The van der Waals surface area contributed by atoms with Crippen LogP contribution in [0.1, 0.15) is 5.56 Å². The van der Waals surface area contributed by atoms with Gasteiger partial charge in [0.1, 0.15) is 5.75 Å². The van der Waals surface area contributed by atoms with Crippen molar-refractivity contribution in [2.45, 2.75) is 6.92 Å². The standard InChI is InChI=1S/C8H8ClO/c1-6-4-3-5-7(9)8(6)10-2/h3,5H,1-2H3. The van der Waals surface area contributed by atoms with Crippen LogP contribution in [0.15, 0.2) is 12.1 Å². The summed E-state index contributed by atoms with van der Waals surface area (Å²) < 4.78 is 5.01. The molecule has 0 aliphatic rings. The molecule has 0 atom stereocenters. The molecule has 0 saturated heterocycles. The van der Waals surface area contributed by atoms with E-state index < -0.39 is 0 Å². The molecule has 0 N–H and O–H groups in total. The molecular formula is C8H8ClO. The smallest absolute Gasteiger partial charge is 0.140 e. The lowest BCUT2D eigenvalue weighted by molar-refractivity contribution is 0.412. The molecule has 0 fully saturated rings. The van der Waals surface area contributed by atoms with Gasteiger partial charge in [-0.1, -0.05) is 17.7 Å². The first kappa shape index (κ1) is 7.42. The molecule has 1 rings (SSSR count). The first-order valence-electron chi connectivity index (χ1n) is 2.96. The van der Waals surface area contributed by atoms with Gasteiger partial charge < -0.3 is 4.74 Å². The van der Waals surface area contributed by atoms with Gasteiger partial charge in [-0.2, -0.15) is 0 Å². The summed E-state index contributed by atoms with van der Waals surface area (Å²) in [4.78, 5) is 0. The van der Waals surface area contributed by atoms with Crippen molar-refractivity contribution in [3.05, 3.63) is 28.8 Å². The van der Waals surface area contributed by atoms with Crippen molar-refractivity contribution < 1.29 is 4.74 Å². The van der Waals surface area contributed by atoms with E-state index in [2.05, 4.69) is 6.07 Å². The predicted octanol–water partition coefficient (Wildman–Crippen LogP) is 2.46. The molecule has 1 radical (unpaired) electrons. The molecule has 0 unspecified atom stereocenters. The molecule has 10 heavy (non-hydrogen) atoms. The van der Waals surface area contributed by atoms with Gasteiger partial charge >= 0.3 is 0 Å². The van der Waals surface area contributed by atoms with E-state index in [9.17, 15) is 0 Å². The largest absolute Gasteiger partial charge is 0.495 e. The Balaban J connectivity index is 3.17. The Bertz CT molecular complexity index is 212. The van der Waals surface area contributed by atoms with Crippen LogP contribution >= 0.6 is 11.6 Å². The Morgan fingerprint density at radius 2 is 2.30 bits per heavy atom. The number of methoxy groups -OCH3 is 1. The molecule has 0 aliphatic carbocycles. The summed E-state index contributed by atoms with van der Waals surface area (Å²) in [5.74, 6) is 0.712. The van der Waals surface area contributed by atoms with Crippen molar-refractivity contribution in [3.63, 3.8) is 0 Å². The normalized spacial score (nSPS) is 9.50. The first-order chi connectivity index (χ1) is 4.75. The van der Waals surface area contributed by atoms with Crippen LogP contribution in [0, 0.1) is 13.0 Å². The number of ether oxygens (including phenoxy) is 1. The number of aryl methyl sites for hydroxylation is 1. The third-order valence-electron chi connectivity index (χ3n) is 1.29. The van der Waals surface area contributed by atoms with Gasteiger partial charge in [-0.15, -0.1) is 0 Å². The highest BCUT2D eigenvalue weighted by Crippen LogP contribution is 2.26. The zero-order valence-electron chi connectivity index (χ0n) is 5.94. The zero-order chi connectivity index (χ0) is 7.56. The highest BCUT2D eigenvalue weighted by molar-refractivity contribution is 6.32. The van der Waals surface area contributed by atoms with E-state index in [1.807, 2.05) is 6.92 Å². The monoisotopic (exact) mass is 155 g/mol. The Kier molecular flexibility index (Phi) is 2.17. The Morgan fingerprint density at radius 3 is 2.70 bits per heavy atom. The van der Waals surface area contributed by atoms with Crippen molar-refractivity contribution in [2.75, 3.05) is 7.11 Å². The van der Waals surface area contributed by atoms with Crippen LogP contribution in [0.25, 0.3) is 0 Å². The summed E-state index contributed by atoms with van der Waals surface area (Å²) in [6.07, 6.45) is 0. The third kappa shape index (κ3) is 1.24. The van der Waals surface area contributed by atoms with Gasteiger partial charge in [0.15, 0.2) is 0 Å². The average Bonchev–Trinajstić information content (AvgIpc) is 1.88. The Labute approximate surface area is 65.6 Å². The van der Waals surface area contributed by atoms with Gasteiger partial charge in [-0.25, -0.2) is 0 Å². The van der Waals surface area contributed by atoms with Gasteiger partial charge in [-0.3, -0.25) is 0 Å². The fourth-order valence-electron chi connectivity index (χ4n) is 0.811. The lowest BCUT2D eigenvalue weighted by Gasteiger charge is -2.04. The minimum atomic E-state index is 0.638. The van der Waals surface area contributed by atoms with Crippen LogP contribution in [-0.2, 0) is 0 Å². The number of benzene rings is 1. The molecule has 1 nitrogen and oxygen atoms in total. The number of hydrogen-bond donors (Lipinski definition) is 0. The summed E-state index contributed by atoms with van der Waals surface area (Å²) in [6.45, 7) is 1.91. The van der Waals surface area contributed by atoms with E-state index >= 15 is 0 Å². The summed E-state index contributed by atoms with van der Waals surface area (Å²) in [5.41, 5.74) is 0.940. The van der Waals surface area contributed by atoms with Crippen LogP contribution in [0.3, 0.4) is 0 Å². The van der Waals surface area contributed by atoms with Crippen LogP contribution in [0.5, 0.6) is 5.75 Å². The second kappa shape index (κ2) is 2.93. The zero-order valence-corrected chi connectivity index (χ0v) is 6.70. The molecule has 0 amide bonds. The molecule has 0 aliphatic heterocycles. The minimum Gasteiger partial charge on any atom is -0.495 e. The molecule has 0 saturated carbocycles. The van der Waals surface area contributed by atoms with Crippen LogP contribution in [0.4, 0.5) is 0 Å². The minimum absolute atomic E-state index is 0.638. The van der Waals surface area contributed by atoms with Crippen LogP contribution < -0.4 is 4.74 Å². The van der Waals surface area contributed by atoms with Crippen molar-refractivity contribution in [1.29, 1.82) is 0 Å². The van der Waals surface area contributed by atoms with E-state index in [-0.39, 0.29) is 0 Å². The summed E-state index contributed by atoms with van der Waals surface area (Å²) >= 11 is 5.78. The van der Waals surface area contributed by atoms with Crippen LogP contribution in [0.2, 0.25) is 5.02 Å². The SMILES string of the molecule is COc1c(C)[c]ccc1Cl. The summed E-state index contributed by atoms with van der Waals surface area (Å²) in [7, 11) is 1.60. The molecule has 1 aromatic carbocycles. The predicted molar refractivity (Wildman–Crippen MR) is 41.6 cm³/mol. The van der Waals surface area contributed by atoms with Gasteiger partial charge in [0.25, 0.3) is 0 Å². The molecule has 2 heteroatoms.